The quantitative estimate of drug-likeness (QED) is 0.307. The molecule has 10 nitrogen and oxygen atoms in total. The van der Waals surface area contributed by atoms with E-state index in [0.29, 0.717) is 25.3 Å². The highest BCUT2D eigenvalue weighted by molar-refractivity contribution is 5.94. The Morgan fingerprint density at radius 2 is 1.76 bits per heavy atom. The van der Waals surface area contributed by atoms with Gasteiger partial charge in [0.05, 0.1) is 29.5 Å². The molecule has 1 amide bonds. The van der Waals surface area contributed by atoms with Crippen molar-refractivity contribution in [2.75, 3.05) is 57.9 Å². The molecular weight excluding hydrogens is 472 g/mol. The van der Waals surface area contributed by atoms with Crippen LogP contribution < -0.4 is 4.90 Å². The Kier molecular flexibility index (Phi) is 8.52. The lowest BCUT2D eigenvalue weighted by Crippen LogP contribution is -2.47. The predicted molar refractivity (Wildman–Crippen MR) is 142 cm³/mol. The van der Waals surface area contributed by atoms with E-state index in [4.69, 9.17) is 9.84 Å². The minimum absolute atomic E-state index is 0.0477. The predicted octanol–water partition coefficient (Wildman–Crippen LogP) is 3.52. The van der Waals surface area contributed by atoms with E-state index in [1.807, 2.05) is 41.9 Å². The van der Waals surface area contributed by atoms with Crippen molar-refractivity contribution >= 4 is 17.4 Å². The number of aryl methyl sites for hydroxylation is 1. The highest BCUT2D eigenvalue weighted by atomic mass is 16.6. The number of aromatic nitrogens is 2. The third-order valence-electron chi connectivity index (χ3n) is 6.80. The third-order valence-corrected chi connectivity index (χ3v) is 6.80. The lowest BCUT2D eigenvalue weighted by Gasteiger charge is -2.36. The molecule has 1 aliphatic rings. The number of nitro groups is 1. The van der Waals surface area contributed by atoms with Gasteiger partial charge in [-0.05, 0) is 37.7 Å². The number of anilines is 1. The van der Waals surface area contributed by atoms with Gasteiger partial charge in [-0.2, -0.15) is 5.10 Å². The maximum Gasteiger partial charge on any atom is 0.269 e. The summed E-state index contributed by atoms with van der Waals surface area (Å²) < 4.78 is 7.29. The van der Waals surface area contributed by atoms with Gasteiger partial charge in [0.2, 0.25) is 0 Å². The lowest BCUT2D eigenvalue weighted by molar-refractivity contribution is -0.384. The molecule has 2 heterocycles. The summed E-state index contributed by atoms with van der Waals surface area (Å²) in [6.45, 7) is 9.94. The van der Waals surface area contributed by atoms with E-state index in [2.05, 4.69) is 16.7 Å². The van der Waals surface area contributed by atoms with Crippen LogP contribution in [0.3, 0.4) is 0 Å². The number of methoxy groups -OCH3 is 1. The van der Waals surface area contributed by atoms with Crippen molar-refractivity contribution in [3.05, 3.63) is 81.5 Å². The summed E-state index contributed by atoms with van der Waals surface area (Å²) in [6.07, 6.45) is 0. The van der Waals surface area contributed by atoms with Crippen molar-refractivity contribution < 1.29 is 14.5 Å². The Morgan fingerprint density at radius 3 is 2.35 bits per heavy atom. The van der Waals surface area contributed by atoms with Crippen LogP contribution in [0.1, 0.15) is 28.5 Å². The lowest BCUT2D eigenvalue weighted by atomic mass is 10.1. The number of para-hydroxylation sites is 1. The minimum Gasteiger partial charge on any atom is -0.383 e. The third kappa shape index (κ3) is 5.98. The number of amides is 1. The number of piperazine rings is 1. The zero-order valence-electron chi connectivity index (χ0n) is 21.7. The van der Waals surface area contributed by atoms with Crippen LogP contribution in [0.15, 0.2) is 54.6 Å². The van der Waals surface area contributed by atoms with Gasteiger partial charge in [-0.15, -0.1) is 0 Å². The maximum absolute atomic E-state index is 13.5. The van der Waals surface area contributed by atoms with E-state index in [-0.39, 0.29) is 11.6 Å². The normalized spacial score (nSPS) is 14.1. The Labute approximate surface area is 217 Å². The topological polar surface area (TPSA) is 97.0 Å². The van der Waals surface area contributed by atoms with Crippen LogP contribution in [-0.4, -0.2) is 83.4 Å². The Bertz CT molecular complexity index is 1200. The molecule has 0 radical (unpaired) electrons. The van der Waals surface area contributed by atoms with Crippen molar-refractivity contribution in [1.82, 2.24) is 19.6 Å². The second-order valence-electron chi connectivity index (χ2n) is 9.08. The van der Waals surface area contributed by atoms with Crippen molar-refractivity contribution in [2.24, 2.45) is 0 Å². The van der Waals surface area contributed by atoms with Crippen LogP contribution in [0.25, 0.3) is 5.69 Å². The Morgan fingerprint density at radius 1 is 1.08 bits per heavy atom. The van der Waals surface area contributed by atoms with Crippen LogP contribution in [0.5, 0.6) is 0 Å². The first-order chi connectivity index (χ1) is 17.9. The number of benzene rings is 2. The molecule has 0 unspecified atom stereocenters. The van der Waals surface area contributed by atoms with Gasteiger partial charge in [0.15, 0.2) is 0 Å². The summed E-state index contributed by atoms with van der Waals surface area (Å²) in [5.74, 6) is 0.791. The smallest absolute Gasteiger partial charge is 0.269 e. The van der Waals surface area contributed by atoms with Crippen molar-refractivity contribution in [3.8, 4) is 5.69 Å². The molecule has 0 aliphatic carbocycles. The molecule has 196 valence electrons. The molecule has 0 N–H and O–H groups in total. The fourth-order valence-corrected chi connectivity index (χ4v) is 4.64. The van der Waals surface area contributed by atoms with Crippen molar-refractivity contribution in [2.45, 2.75) is 20.4 Å². The highest BCUT2D eigenvalue weighted by Crippen LogP contribution is 2.30. The molecule has 2 aromatic carbocycles. The number of hydrogen-bond acceptors (Lipinski definition) is 7. The van der Waals surface area contributed by atoms with Crippen LogP contribution >= 0.6 is 0 Å². The van der Waals surface area contributed by atoms with E-state index < -0.39 is 4.92 Å². The summed E-state index contributed by atoms with van der Waals surface area (Å²) in [6, 6.07) is 15.8. The number of non-ortho nitro benzene ring substituents is 1. The molecule has 0 saturated carbocycles. The molecule has 1 aromatic heterocycles. The number of hydrogen-bond donors (Lipinski definition) is 0. The van der Waals surface area contributed by atoms with Gasteiger partial charge in [0.25, 0.3) is 11.6 Å². The SMILES string of the molecule is CCN1CCN(c2c(CN(CCOC)C(=O)c3ccc([N+](=O)[O-])cc3)c(C)nn2-c2ccccc2)CC1. The standard InChI is InChI=1S/C27H34N6O4/c1-4-29-14-16-30(17-15-29)26-25(21(2)28-32(26)23-8-6-5-7-9-23)20-31(18-19-37-3)27(34)22-10-12-24(13-11-22)33(35)36/h5-13H,4,14-20H2,1-3H3. The van der Waals surface area contributed by atoms with E-state index in [1.54, 1.807) is 12.0 Å². The summed E-state index contributed by atoms with van der Waals surface area (Å²) >= 11 is 0. The van der Waals surface area contributed by atoms with Crippen LogP contribution in [0.4, 0.5) is 11.5 Å². The fourth-order valence-electron chi connectivity index (χ4n) is 4.64. The molecule has 10 heteroatoms. The largest absolute Gasteiger partial charge is 0.383 e. The number of nitro benzene ring substituents is 1. The molecule has 1 saturated heterocycles. The van der Waals surface area contributed by atoms with Crippen LogP contribution in [-0.2, 0) is 11.3 Å². The van der Waals surface area contributed by atoms with E-state index in [0.717, 1.165) is 55.5 Å². The summed E-state index contributed by atoms with van der Waals surface area (Å²) in [5.41, 5.74) is 3.16. The van der Waals surface area contributed by atoms with Gasteiger partial charge in [-0.1, -0.05) is 25.1 Å². The first-order valence-corrected chi connectivity index (χ1v) is 12.6. The molecular formula is C27H34N6O4. The van der Waals surface area contributed by atoms with Gasteiger partial charge >= 0.3 is 0 Å². The molecule has 0 spiro atoms. The number of nitrogens with zero attached hydrogens (tertiary/aromatic N) is 6. The van der Waals surface area contributed by atoms with Gasteiger partial charge in [-0.25, -0.2) is 4.68 Å². The second kappa shape index (κ2) is 12.0. The summed E-state index contributed by atoms with van der Waals surface area (Å²) in [5, 5.41) is 16.0. The second-order valence-corrected chi connectivity index (χ2v) is 9.08. The monoisotopic (exact) mass is 506 g/mol. The zero-order chi connectivity index (χ0) is 26.4. The van der Waals surface area contributed by atoms with E-state index in [1.165, 1.54) is 24.3 Å². The fraction of sp³-hybridized carbons (Fsp3) is 0.407. The van der Waals surface area contributed by atoms with Crippen LogP contribution in [0.2, 0.25) is 0 Å². The molecule has 37 heavy (non-hydrogen) atoms. The molecule has 1 aliphatic heterocycles. The van der Waals surface area contributed by atoms with Gasteiger partial charge in [-0.3, -0.25) is 14.9 Å². The molecule has 1 fully saturated rings. The van der Waals surface area contributed by atoms with Crippen LogP contribution in [0, 0.1) is 17.0 Å². The first kappa shape index (κ1) is 26.3. The first-order valence-electron chi connectivity index (χ1n) is 12.6. The number of likely N-dealkylation sites (N-methyl/N-ethyl adjacent to an activating group) is 1. The molecule has 4 rings (SSSR count). The molecule has 0 bridgehead atoms. The molecule has 0 atom stereocenters. The number of carbonyl (C=O) groups excluding carboxylic acids is 1. The van der Waals surface area contributed by atoms with Crippen molar-refractivity contribution in [1.29, 1.82) is 0 Å². The number of rotatable bonds is 10. The Hall–Kier alpha value is -3.76. The number of ether oxygens (including phenoxy) is 1. The maximum atomic E-state index is 13.5. The number of carbonyl (C=O) groups is 1. The highest BCUT2D eigenvalue weighted by Gasteiger charge is 2.28. The minimum atomic E-state index is -0.469. The van der Waals surface area contributed by atoms with Gasteiger partial charge in [0.1, 0.15) is 5.82 Å². The average Bonchev–Trinajstić information content (AvgIpc) is 3.26. The molecule has 3 aromatic rings. The van der Waals surface area contributed by atoms with Gasteiger partial charge in [0, 0.05) is 63.1 Å². The average molecular weight is 507 g/mol. The summed E-state index contributed by atoms with van der Waals surface area (Å²) in [4.78, 5) is 30.7. The van der Waals surface area contributed by atoms with Gasteiger partial charge < -0.3 is 19.4 Å². The van der Waals surface area contributed by atoms with E-state index >= 15 is 0 Å². The van der Waals surface area contributed by atoms with Crippen molar-refractivity contribution in [3.63, 3.8) is 0 Å². The zero-order valence-corrected chi connectivity index (χ0v) is 21.7. The van der Waals surface area contributed by atoms with E-state index in [9.17, 15) is 14.9 Å². The Balaban J connectivity index is 1.70. The summed E-state index contributed by atoms with van der Waals surface area (Å²) in [7, 11) is 1.60.